The molecule has 0 spiro atoms. The van der Waals surface area contributed by atoms with Crippen molar-refractivity contribution in [2.24, 2.45) is 0 Å². The Kier molecular flexibility index (Phi) is 6.07. The van der Waals surface area contributed by atoms with Crippen LogP contribution in [0, 0.1) is 0 Å². The summed E-state index contributed by atoms with van der Waals surface area (Å²) < 4.78 is 11.0. The summed E-state index contributed by atoms with van der Waals surface area (Å²) in [7, 11) is 3.72. The first kappa shape index (κ1) is 16.6. The first-order valence-corrected chi connectivity index (χ1v) is 7.92. The van der Waals surface area contributed by atoms with Crippen LogP contribution in [-0.2, 0) is 4.79 Å². The average molecular weight is 306 g/mol. The lowest BCUT2D eigenvalue weighted by atomic mass is 10.1. The normalized spacial score (nSPS) is 17.8. The molecule has 0 aliphatic carbocycles. The highest BCUT2D eigenvalue weighted by molar-refractivity contribution is 5.81. The van der Waals surface area contributed by atoms with Crippen molar-refractivity contribution in [3.63, 3.8) is 0 Å². The molecule has 1 heterocycles. The third-order valence-corrected chi connectivity index (χ3v) is 4.05. The zero-order valence-electron chi connectivity index (χ0n) is 13.7. The molecule has 1 aliphatic heterocycles. The quantitative estimate of drug-likeness (QED) is 0.874. The molecule has 0 saturated carbocycles. The van der Waals surface area contributed by atoms with Crippen LogP contribution in [0.5, 0.6) is 11.5 Å². The zero-order valence-corrected chi connectivity index (χ0v) is 13.7. The summed E-state index contributed by atoms with van der Waals surface area (Å²) in [6.45, 7) is 4.01. The van der Waals surface area contributed by atoms with E-state index in [2.05, 4.69) is 17.3 Å². The van der Waals surface area contributed by atoms with Crippen LogP contribution in [0.15, 0.2) is 24.3 Å². The minimum absolute atomic E-state index is 0.0279. The van der Waals surface area contributed by atoms with Gasteiger partial charge in [-0.1, -0.05) is 13.0 Å². The largest absolute Gasteiger partial charge is 0.497 e. The monoisotopic (exact) mass is 306 g/mol. The molecule has 1 N–H and O–H groups in total. The molecule has 0 radical (unpaired) electrons. The molecule has 1 aromatic rings. The highest BCUT2D eigenvalue weighted by Gasteiger charge is 2.24. The molecule has 5 heteroatoms. The summed E-state index contributed by atoms with van der Waals surface area (Å²) in [5.41, 5.74) is 0. The molecule has 1 saturated heterocycles. The van der Waals surface area contributed by atoms with Crippen LogP contribution in [0.1, 0.15) is 26.2 Å². The van der Waals surface area contributed by atoms with Gasteiger partial charge in [0.15, 0.2) is 6.10 Å². The van der Waals surface area contributed by atoms with E-state index in [0.29, 0.717) is 12.2 Å². The van der Waals surface area contributed by atoms with Crippen molar-refractivity contribution >= 4 is 5.91 Å². The number of amides is 1. The maximum Gasteiger partial charge on any atom is 0.261 e. The van der Waals surface area contributed by atoms with Crippen LogP contribution in [0.2, 0.25) is 0 Å². The van der Waals surface area contributed by atoms with Gasteiger partial charge in [0.2, 0.25) is 0 Å². The van der Waals surface area contributed by atoms with Crippen LogP contribution >= 0.6 is 0 Å². The molecule has 2 rings (SSSR count). The number of nitrogens with zero attached hydrogens (tertiary/aromatic N) is 1. The second-order valence-electron chi connectivity index (χ2n) is 5.78. The average Bonchev–Trinajstić information content (AvgIpc) is 2.54. The van der Waals surface area contributed by atoms with Crippen LogP contribution in [0.4, 0.5) is 0 Å². The number of ether oxygens (including phenoxy) is 2. The maximum atomic E-state index is 12.4. The summed E-state index contributed by atoms with van der Waals surface area (Å²) in [5.74, 6) is 1.35. The van der Waals surface area contributed by atoms with Crippen LogP contribution in [0.25, 0.3) is 0 Å². The summed E-state index contributed by atoms with van der Waals surface area (Å²) in [6, 6.07) is 7.61. The van der Waals surface area contributed by atoms with E-state index >= 15 is 0 Å². The topological polar surface area (TPSA) is 50.8 Å². The Morgan fingerprint density at radius 2 is 2.05 bits per heavy atom. The molecule has 1 aliphatic rings. The van der Waals surface area contributed by atoms with Gasteiger partial charge < -0.3 is 19.7 Å². The van der Waals surface area contributed by atoms with E-state index in [0.717, 1.165) is 31.7 Å². The molecule has 122 valence electrons. The molecule has 0 aromatic heterocycles. The Morgan fingerprint density at radius 3 is 2.68 bits per heavy atom. The van der Waals surface area contributed by atoms with E-state index in [1.54, 1.807) is 13.2 Å². The van der Waals surface area contributed by atoms with Gasteiger partial charge in [0.05, 0.1) is 7.11 Å². The van der Waals surface area contributed by atoms with Crippen molar-refractivity contribution in [2.75, 3.05) is 27.2 Å². The number of nitrogens with one attached hydrogen (secondary N) is 1. The number of piperidine rings is 1. The number of benzene rings is 1. The lowest BCUT2D eigenvalue weighted by Crippen LogP contribution is -2.47. The lowest BCUT2D eigenvalue weighted by Gasteiger charge is -2.30. The molecular weight excluding hydrogens is 280 g/mol. The predicted molar refractivity (Wildman–Crippen MR) is 86.4 cm³/mol. The van der Waals surface area contributed by atoms with Crippen molar-refractivity contribution in [2.45, 2.75) is 38.3 Å². The number of carbonyl (C=O) groups is 1. The highest BCUT2D eigenvalue weighted by atomic mass is 16.5. The molecular formula is C17H26N2O3. The van der Waals surface area contributed by atoms with Gasteiger partial charge in [-0.05, 0) is 51.5 Å². The third kappa shape index (κ3) is 4.63. The Bertz CT molecular complexity index is 485. The fourth-order valence-corrected chi connectivity index (χ4v) is 2.61. The van der Waals surface area contributed by atoms with Crippen molar-refractivity contribution in [1.82, 2.24) is 10.2 Å². The molecule has 1 aromatic carbocycles. The maximum absolute atomic E-state index is 12.4. The molecule has 1 unspecified atom stereocenters. The SMILES string of the molecule is CCC(Oc1cccc(OC)c1)C(=O)NC1CCN(C)CC1. The van der Waals surface area contributed by atoms with Crippen molar-refractivity contribution < 1.29 is 14.3 Å². The van der Waals surface area contributed by atoms with E-state index in [1.807, 2.05) is 25.1 Å². The minimum Gasteiger partial charge on any atom is -0.497 e. The van der Waals surface area contributed by atoms with E-state index in [1.165, 1.54) is 0 Å². The first-order chi connectivity index (χ1) is 10.6. The second kappa shape index (κ2) is 8.03. The standard InChI is InChI=1S/C17H26N2O3/c1-4-16(22-15-7-5-6-14(12-15)21-3)17(20)18-13-8-10-19(2)11-9-13/h5-7,12-13,16H,4,8-11H2,1-3H3,(H,18,20). The fourth-order valence-electron chi connectivity index (χ4n) is 2.61. The van der Waals surface area contributed by atoms with Crippen LogP contribution in [-0.4, -0.2) is 50.2 Å². The third-order valence-electron chi connectivity index (χ3n) is 4.05. The van der Waals surface area contributed by atoms with Gasteiger partial charge in [0, 0.05) is 12.1 Å². The minimum atomic E-state index is -0.466. The van der Waals surface area contributed by atoms with Gasteiger partial charge >= 0.3 is 0 Å². The van der Waals surface area contributed by atoms with Crippen LogP contribution < -0.4 is 14.8 Å². The van der Waals surface area contributed by atoms with Crippen LogP contribution in [0.3, 0.4) is 0 Å². The van der Waals surface area contributed by atoms with E-state index in [4.69, 9.17) is 9.47 Å². The van der Waals surface area contributed by atoms with Crippen molar-refractivity contribution in [1.29, 1.82) is 0 Å². The Labute approximate surface area is 132 Å². The van der Waals surface area contributed by atoms with Gasteiger partial charge in [-0.15, -0.1) is 0 Å². The Morgan fingerprint density at radius 1 is 1.36 bits per heavy atom. The molecule has 1 amide bonds. The van der Waals surface area contributed by atoms with Gasteiger partial charge in [-0.3, -0.25) is 4.79 Å². The van der Waals surface area contributed by atoms with Gasteiger partial charge in [0.25, 0.3) is 5.91 Å². The first-order valence-electron chi connectivity index (χ1n) is 7.92. The fraction of sp³-hybridized carbons (Fsp3) is 0.588. The molecule has 1 atom stereocenters. The summed E-state index contributed by atoms with van der Waals surface area (Å²) in [5, 5.41) is 3.12. The van der Waals surface area contributed by atoms with Crippen molar-refractivity contribution in [3.8, 4) is 11.5 Å². The van der Waals surface area contributed by atoms with Gasteiger partial charge in [-0.25, -0.2) is 0 Å². The number of hydrogen-bond acceptors (Lipinski definition) is 4. The zero-order chi connectivity index (χ0) is 15.9. The van der Waals surface area contributed by atoms with E-state index in [9.17, 15) is 4.79 Å². The lowest BCUT2D eigenvalue weighted by molar-refractivity contribution is -0.129. The molecule has 22 heavy (non-hydrogen) atoms. The number of methoxy groups -OCH3 is 1. The molecule has 1 fully saturated rings. The van der Waals surface area contributed by atoms with Crippen molar-refractivity contribution in [3.05, 3.63) is 24.3 Å². The van der Waals surface area contributed by atoms with E-state index in [-0.39, 0.29) is 11.9 Å². The second-order valence-corrected chi connectivity index (χ2v) is 5.78. The van der Waals surface area contributed by atoms with E-state index < -0.39 is 6.10 Å². The number of carbonyl (C=O) groups excluding carboxylic acids is 1. The number of hydrogen-bond donors (Lipinski definition) is 1. The Balaban J connectivity index is 1.91. The molecule has 5 nitrogen and oxygen atoms in total. The van der Waals surface area contributed by atoms with Gasteiger partial charge in [-0.2, -0.15) is 0 Å². The smallest absolute Gasteiger partial charge is 0.261 e. The Hall–Kier alpha value is -1.75. The summed E-state index contributed by atoms with van der Waals surface area (Å²) in [6.07, 6.45) is 2.16. The van der Waals surface area contributed by atoms with Gasteiger partial charge in [0.1, 0.15) is 11.5 Å². The predicted octanol–water partition coefficient (Wildman–Crippen LogP) is 2.06. The molecule has 0 bridgehead atoms. The number of likely N-dealkylation sites (tertiary alicyclic amines) is 1. The summed E-state index contributed by atoms with van der Waals surface area (Å²) in [4.78, 5) is 14.7. The summed E-state index contributed by atoms with van der Waals surface area (Å²) >= 11 is 0. The number of rotatable bonds is 6. The highest BCUT2D eigenvalue weighted by Crippen LogP contribution is 2.21.